The molecule has 0 saturated heterocycles. The van der Waals surface area contributed by atoms with Crippen molar-refractivity contribution in [2.24, 2.45) is 0 Å². The van der Waals surface area contributed by atoms with Gasteiger partial charge in [-0.05, 0) is 55.6 Å². The fourth-order valence-electron chi connectivity index (χ4n) is 2.32. The van der Waals surface area contributed by atoms with E-state index in [4.69, 9.17) is 4.74 Å². The molecule has 0 aliphatic heterocycles. The minimum Gasteiger partial charge on any atom is -0.496 e. The van der Waals surface area contributed by atoms with Crippen LogP contribution in [0.5, 0.6) is 5.75 Å². The summed E-state index contributed by atoms with van der Waals surface area (Å²) in [5.74, 6) is 0.914. The van der Waals surface area contributed by atoms with Crippen LogP contribution in [0.4, 0.5) is 0 Å². The first kappa shape index (κ1) is 14.0. The van der Waals surface area contributed by atoms with Crippen molar-refractivity contribution in [1.82, 2.24) is 5.32 Å². The highest BCUT2D eigenvalue weighted by atomic mass is 16.5. The molecule has 0 aliphatic carbocycles. The number of benzene rings is 1. The summed E-state index contributed by atoms with van der Waals surface area (Å²) in [4.78, 5) is 0. The second kappa shape index (κ2) is 6.03. The molecule has 2 N–H and O–H groups in total. The van der Waals surface area contributed by atoms with Crippen LogP contribution >= 0.6 is 0 Å². The van der Waals surface area contributed by atoms with Crippen molar-refractivity contribution in [2.75, 3.05) is 20.3 Å². The average Bonchev–Trinajstić information content (AvgIpc) is 2.32. The SMILES string of the molecule is CCNC(CO)c1c(C)cc(OC)c(C)c1C. The van der Waals surface area contributed by atoms with Gasteiger partial charge in [0.2, 0.25) is 0 Å². The molecule has 0 saturated carbocycles. The van der Waals surface area contributed by atoms with Crippen LogP contribution in [0.2, 0.25) is 0 Å². The highest BCUT2D eigenvalue weighted by Crippen LogP contribution is 2.31. The lowest BCUT2D eigenvalue weighted by Gasteiger charge is -2.23. The molecule has 1 aromatic carbocycles. The zero-order chi connectivity index (χ0) is 13.0. The Bertz CT molecular complexity index is 388. The molecule has 0 spiro atoms. The van der Waals surface area contributed by atoms with Gasteiger partial charge in [0, 0.05) is 0 Å². The molecule has 0 radical (unpaired) electrons. The van der Waals surface area contributed by atoms with E-state index in [-0.39, 0.29) is 12.6 Å². The molecule has 3 nitrogen and oxygen atoms in total. The molecular weight excluding hydrogens is 214 g/mol. The Morgan fingerprint density at radius 2 is 1.94 bits per heavy atom. The summed E-state index contributed by atoms with van der Waals surface area (Å²) < 4.78 is 5.35. The van der Waals surface area contributed by atoms with E-state index in [1.54, 1.807) is 7.11 Å². The first-order valence-corrected chi connectivity index (χ1v) is 6.05. The van der Waals surface area contributed by atoms with Crippen LogP contribution in [0.25, 0.3) is 0 Å². The van der Waals surface area contributed by atoms with Gasteiger partial charge in [-0.15, -0.1) is 0 Å². The van der Waals surface area contributed by atoms with E-state index in [0.29, 0.717) is 0 Å². The van der Waals surface area contributed by atoms with E-state index in [9.17, 15) is 5.11 Å². The molecule has 17 heavy (non-hydrogen) atoms. The van der Waals surface area contributed by atoms with E-state index >= 15 is 0 Å². The maximum Gasteiger partial charge on any atom is 0.122 e. The zero-order valence-electron chi connectivity index (χ0n) is 11.4. The molecule has 1 atom stereocenters. The highest BCUT2D eigenvalue weighted by molar-refractivity contribution is 5.49. The predicted octanol–water partition coefficient (Wildman–Crippen LogP) is 2.26. The Labute approximate surface area is 104 Å². The fourth-order valence-corrected chi connectivity index (χ4v) is 2.32. The van der Waals surface area contributed by atoms with E-state index in [0.717, 1.165) is 23.4 Å². The number of rotatable bonds is 5. The monoisotopic (exact) mass is 237 g/mol. The summed E-state index contributed by atoms with van der Waals surface area (Å²) >= 11 is 0. The minimum atomic E-state index is 0.00426. The summed E-state index contributed by atoms with van der Waals surface area (Å²) in [5.41, 5.74) is 4.68. The van der Waals surface area contributed by atoms with Gasteiger partial charge in [0.15, 0.2) is 0 Å². The molecule has 0 fully saturated rings. The Morgan fingerprint density at radius 1 is 1.29 bits per heavy atom. The Hall–Kier alpha value is -1.06. The van der Waals surface area contributed by atoms with Gasteiger partial charge < -0.3 is 15.2 Å². The Morgan fingerprint density at radius 3 is 2.41 bits per heavy atom. The molecule has 0 bridgehead atoms. The first-order chi connectivity index (χ1) is 8.06. The number of aryl methyl sites for hydroxylation is 1. The molecule has 1 unspecified atom stereocenters. The largest absolute Gasteiger partial charge is 0.496 e. The van der Waals surface area contributed by atoms with Crippen LogP contribution in [0, 0.1) is 20.8 Å². The van der Waals surface area contributed by atoms with Gasteiger partial charge in [0.1, 0.15) is 5.75 Å². The van der Waals surface area contributed by atoms with Crippen LogP contribution in [-0.4, -0.2) is 25.4 Å². The first-order valence-electron chi connectivity index (χ1n) is 6.05. The number of nitrogens with one attached hydrogen (secondary N) is 1. The van der Waals surface area contributed by atoms with Crippen molar-refractivity contribution in [1.29, 1.82) is 0 Å². The molecule has 0 aromatic heterocycles. The number of methoxy groups -OCH3 is 1. The van der Waals surface area contributed by atoms with Crippen LogP contribution in [-0.2, 0) is 0 Å². The third kappa shape index (κ3) is 2.79. The van der Waals surface area contributed by atoms with Crippen molar-refractivity contribution in [3.05, 3.63) is 28.3 Å². The second-order valence-corrected chi connectivity index (χ2v) is 4.35. The van der Waals surface area contributed by atoms with E-state index in [1.807, 2.05) is 13.0 Å². The summed E-state index contributed by atoms with van der Waals surface area (Å²) in [5, 5.41) is 12.8. The van der Waals surface area contributed by atoms with E-state index in [2.05, 4.69) is 26.1 Å². The molecule has 3 heteroatoms. The van der Waals surface area contributed by atoms with E-state index in [1.165, 1.54) is 11.1 Å². The van der Waals surface area contributed by atoms with Crippen molar-refractivity contribution in [3.8, 4) is 5.75 Å². The summed E-state index contributed by atoms with van der Waals surface area (Å²) in [6, 6.07) is 2.04. The molecule has 0 aliphatic rings. The van der Waals surface area contributed by atoms with Gasteiger partial charge in [0.25, 0.3) is 0 Å². The number of hydrogen-bond donors (Lipinski definition) is 2. The summed E-state index contributed by atoms with van der Waals surface area (Å²) in [7, 11) is 1.69. The number of aliphatic hydroxyl groups excluding tert-OH is 1. The summed E-state index contributed by atoms with van der Waals surface area (Å²) in [6.45, 7) is 9.20. The maximum atomic E-state index is 9.48. The van der Waals surface area contributed by atoms with Crippen LogP contribution in [0.15, 0.2) is 6.07 Å². The number of ether oxygens (including phenoxy) is 1. The summed E-state index contributed by atoms with van der Waals surface area (Å²) in [6.07, 6.45) is 0. The Balaban J connectivity index is 3.28. The maximum absolute atomic E-state index is 9.48. The third-order valence-electron chi connectivity index (χ3n) is 3.31. The van der Waals surface area contributed by atoms with Crippen LogP contribution in [0.1, 0.15) is 35.2 Å². The van der Waals surface area contributed by atoms with Gasteiger partial charge in [0.05, 0.1) is 19.8 Å². The van der Waals surface area contributed by atoms with Gasteiger partial charge in [-0.25, -0.2) is 0 Å². The van der Waals surface area contributed by atoms with Crippen molar-refractivity contribution >= 4 is 0 Å². The average molecular weight is 237 g/mol. The quantitative estimate of drug-likeness (QED) is 0.825. The molecule has 0 heterocycles. The van der Waals surface area contributed by atoms with E-state index < -0.39 is 0 Å². The third-order valence-corrected chi connectivity index (χ3v) is 3.31. The minimum absolute atomic E-state index is 0.00426. The molecule has 0 amide bonds. The lowest BCUT2D eigenvalue weighted by molar-refractivity contribution is 0.245. The smallest absolute Gasteiger partial charge is 0.122 e. The van der Waals surface area contributed by atoms with Crippen molar-refractivity contribution in [3.63, 3.8) is 0 Å². The number of likely N-dealkylation sites (N-methyl/N-ethyl adjacent to an activating group) is 1. The van der Waals surface area contributed by atoms with Crippen LogP contribution in [0.3, 0.4) is 0 Å². The number of hydrogen-bond acceptors (Lipinski definition) is 3. The van der Waals surface area contributed by atoms with Gasteiger partial charge in [-0.2, -0.15) is 0 Å². The Kier molecular flexibility index (Phi) is 4.97. The molecule has 1 rings (SSSR count). The standard InChI is InChI=1S/C14H23NO2/c1-6-15-12(8-16)14-9(2)7-13(17-5)10(3)11(14)4/h7,12,15-16H,6,8H2,1-5H3. The molecule has 96 valence electrons. The molecular formula is C14H23NO2. The predicted molar refractivity (Wildman–Crippen MR) is 70.7 cm³/mol. The van der Waals surface area contributed by atoms with Crippen molar-refractivity contribution < 1.29 is 9.84 Å². The van der Waals surface area contributed by atoms with Gasteiger partial charge >= 0.3 is 0 Å². The van der Waals surface area contributed by atoms with Gasteiger partial charge in [-0.1, -0.05) is 6.92 Å². The lowest BCUT2D eigenvalue weighted by Crippen LogP contribution is -2.26. The fraction of sp³-hybridized carbons (Fsp3) is 0.571. The van der Waals surface area contributed by atoms with Crippen LogP contribution < -0.4 is 10.1 Å². The molecule has 1 aromatic rings. The topological polar surface area (TPSA) is 41.5 Å². The zero-order valence-corrected chi connectivity index (χ0v) is 11.4. The highest BCUT2D eigenvalue weighted by Gasteiger charge is 2.17. The normalized spacial score (nSPS) is 12.6. The second-order valence-electron chi connectivity index (χ2n) is 4.35. The van der Waals surface area contributed by atoms with Crippen molar-refractivity contribution in [2.45, 2.75) is 33.7 Å². The lowest BCUT2D eigenvalue weighted by atomic mass is 9.92. The van der Waals surface area contributed by atoms with Gasteiger partial charge in [-0.3, -0.25) is 0 Å². The number of aliphatic hydroxyl groups is 1.